The molecule has 3 rings (SSSR count). The first-order valence-electron chi connectivity index (χ1n) is 5.81. The van der Waals surface area contributed by atoms with Crippen LogP contribution in [0.3, 0.4) is 0 Å². The molecule has 2 aromatic rings. The number of fused-ring (bicyclic) bond motifs is 1. The van der Waals surface area contributed by atoms with Gasteiger partial charge in [0.25, 0.3) is 5.56 Å². The van der Waals surface area contributed by atoms with Crippen molar-refractivity contribution in [1.82, 2.24) is 19.5 Å². The monoisotopic (exact) mass is 266 g/mol. The Kier molecular flexibility index (Phi) is 2.69. The Labute approximate surface area is 108 Å². The van der Waals surface area contributed by atoms with Crippen LogP contribution >= 0.6 is 11.3 Å². The Morgan fingerprint density at radius 2 is 2.44 bits per heavy atom. The lowest BCUT2D eigenvalue weighted by atomic mass is 10.1. The Morgan fingerprint density at radius 3 is 3.17 bits per heavy atom. The minimum Gasteiger partial charge on any atom is -0.389 e. The molecule has 1 fully saturated rings. The zero-order valence-corrected chi connectivity index (χ0v) is 10.9. The first-order valence-corrected chi connectivity index (χ1v) is 6.69. The topological polar surface area (TPSA) is 70.7 Å². The second-order valence-corrected chi connectivity index (χ2v) is 5.79. The minimum atomic E-state index is -0.621. The first kappa shape index (κ1) is 11.8. The van der Waals surface area contributed by atoms with Crippen molar-refractivity contribution in [3.63, 3.8) is 0 Å². The summed E-state index contributed by atoms with van der Waals surface area (Å²) in [5.41, 5.74) is 1.57. The SMILES string of the molecule is CC1(O)CCN(Cc2cc(=O)n3ncsc3n2)C1. The maximum atomic E-state index is 11.8. The molecule has 0 amide bonds. The molecule has 2 aromatic heterocycles. The molecule has 18 heavy (non-hydrogen) atoms. The van der Waals surface area contributed by atoms with Crippen molar-refractivity contribution in [2.24, 2.45) is 0 Å². The zero-order chi connectivity index (χ0) is 12.8. The van der Waals surface area contributed by atoms with Crippen LogP contribution in [-0.2, 0) is 6.54 Å². The summed E-state index contributed by atoms with van der Waals surface area (Å²) in [5.74, 6) is 0. The van der Waals surface area contributed by atoms with E-state index in [-0.39, 0.29) is 5.56 Å². The van der Waals surface area contributed by atoms with Gasteiger partial charge >= 0.3 is 0 Å². The fraction of sp³-hybridized carbons (Fsp3) is 0.545. The van der Waals surface area contributed by atoms with Crippen molar-refractivity contribution >= 4 is 16.3 Å². The van der Waals surface area contributed by atoms with Crippen LogP contribution in [0.1, 0.15) is 19.0 Å². The van der Waals surface area contributed by atoms with E-state index in [1.807, 2.05) is 6.92 Å². The van der Waals surface area contributed by atoms with Crippen LogP contribution in [0.5, 0.6) is 0 Å². The molecule has 6 nitrogen and oxygen atoms in total. The Balaban J connectivity index is 1.85. The molecular formula is C11H14N4O2S. The molecule has 96 valence electrons. The van der Waals surface area contributed by atoms with Gasteiger partial charge in [0.2, 0.25) is 4.96 Å². The highest BCUT2D eigenvalue weighted by Crippen LogP contribution is 2.21. The van der Waals surface area contributed by atoms with E-state index in [0.717, 1.165) is 18.7 Å². The van der Waals surface area contributed by atoms with Crippen molar-refractivity contribution in [3.05, 3.63) is 27.6 Å². The summed E-state index contributed by atoms with van der Waals surface area (Å²) in [5, 5.41) is 13.8. The lowest BCUT2D eigenvalue weighted by Gasteiger charge is -2.18. The molecule has 0 radical (unpaired) electrons. The standard InChI is InChI=1S/C11H14N4O2S/c1-11(17)2-3-14(6-11)5-8-4-9(16)15-10(13-8)18-7-12-15/h4,7,17H,2-3,5-6H2,1H3. The third-order valence-corrected chi connectivity index (χ3v) is 3.83. The second kappa shape index (κ2) is 4.11. The average molecular weight is 266 g/mol. The molecule has 3 heterocycles. The summed E-state index contributed by atoms with van der Waals surface area (Å²) >= 11 is 1.35. The van der Waals surface area contributed by atoms with Gasteiger partial charge in [-0.25, -0.2) is 4.98 Å². The number of aromatic nitrogens is 3. The summed E-state index contributed by atoms with van der Waals surface area (Å²) in [7, 11) is 0. The lowest BCUT2D eigenvalue weighted by Crippen LogP contribution is -2.30. The van der Waals surface area contributed by atoms with Gasteiger partial charge < -0.3 is 5.11 Å². The largest absolute Gasteiger partial charge is 0.389 e. The minimum absolute atomic E-state index is 0.151. The summed E-state index contributed by atoms with van der Waals surface area (Å²) in [6.07, 6.45) is 0.759. The van der Waals surface area contributed by atoms with Crippen LogP contribution in [0.25, 0.3) is 4.96 Å². The summed E-state index contributed by atoms with van der Waals surface area (Å²) < 4.78 is 1.30. The van der Waals surface area contributed by atoms with E-state index in [1.54, 1.807) is 5.51 Å². The van der Waals surface area contributed by atoms with Crippen LogP contribution in [0.2, 0.25) is 0 Å². The van der Waals surface area contributed by atoms with Gasteiger partial charge in [0.05, 0.1) is 11.3 Å². The Bertz CT molecular complexity index is 633. The molecule has 1 unspecified atom stereocenters. The van der Waals surface area contributed by atoms with Crippen molar-refractivity contribution < 1.29 is 5.11 Å². The van der Waals surface area contributed by atoms with Gasteiger partial charge in [-0.3, -0.25) is 9.69 Å². The van der Waals surface area contributed by atoms with Gasteiger partial charge in [-0.1, -0.05) is 11.3 Å². The maximum Gasteiger partial charge on any atom is 0.275 e. The summed E-state index contributed by atoms with van der Waals surface area (Å²) in [6, 6.07) is 1.51. The smallest absolute Gasteiger partial charge is 0.275 e. The maximum absolute atomic E-state index is 11.8. The van der Waals surface area contributed by atoms with E-state index in [4.69, 9.17) is 0 Å². The molecule has 0 saturated carbocycles. The summed E-state index contributed by atoms with van der Waals surface area (Å²) in [4.78, 5) is 18.9. The molecule has 0 spiro atoms. The third kappa shape index (κ3) is 2.16. The number of hydrogen-bond acceptors (Lipinski definition) is 6. The normalized spacial score (nSPS) is 25.0. The fourth-order valence-electron chi connectivity index (χ4n) is 2.28. The van der Waals surface area contributed by atoms with Gasteiger partial charge in [0, 0.05) is 25.7 Å². The number of aliphatic hydroxyl groups is 1. The molecule has 0 bridgehead atoms. The second-order valence-electron chi connectivity index (χ2n) is 4.98. The number of likely N-dealkylation sites (tertiary alicyclic amines) is 1. The van der Waals surface area contributed by atoms with Crippen LogP contribution in [-0.4, -0.2) is 43.3 Å². The van der Waals surface area contributed by atoms with Gasteiger partial charge in [0.1, 0.15) is 5.51 Å². The highest BCUT2D eigenvalue weighted by atomic mass is 32.1. The molecule has 1 aliphatic rings. The average Bonchev–Trinajstić information content (AvgIpc) is 2.85. The van der Waals surface area contributed by atoms with E-state index in [1.165, 1.54) is 21.9 Å². The predicted molar refractivity (Wildman–Crippen MR) is 67.7 cm³/mol. The molecule has 0 aromatic carbocycles. The first-order chi connectivity index (χ1) is 8.53. The number of β-amino-alcohol motifs (C(OH)–C–C–N with tert-alkyl or cyclic N) is 1. The fourth-order valence-corrected chi connectivity index (χ4v) is 2.93. The van der Waals surface area contributed by atoms with Gasteiger partial charge in [-0.2, -0.15) is 9.61 Å². The molecule has 1 aliphatic heterocycles. The number of nitrogens with zero attached hydrogens (tertiary/aromatic N) is 4. The molecule has 0 aliphatic carbocycles. The highest BCUT2D eigenvalue weighted by Gasteiger charge is 2.31. The van der Waals surface area contributed by atoms with Gasteiger partial charge in [-0.15, -0.1) is 0 Å². The molecule has 1 atom stereocenters. The predicted octanol–water partition coefficient (Wildman–Crippen LogP) is 0.108. The lowest BCUT2D eigenvalue weighted by molar-refractivity contribution is 0.0677. The van der Waals surface area contributed by atoms with E-state index >= 15 is 0 Å². The quantitative estimate of drug-likeness (QED) is 0.835. The third-order valence-electron chi connectivity index (χ3n) is 3.16. The Hall–Kier alpha value is -1.31. The highest BCUT2D eigenvalue weighted by molar-refractivity contribution is 7.14. The van der Waals surface area contributed by atoms with Crippen LogP contribution in [0.4, 0.5) is 0 Å². The van der Waals surface area contributed by atoms with E-state index in [2.05, 4.69) is 15.0 Å². The van der Waals surface area contributed by atoms with Gasteiger partial charge in [-0.05, 0) is 13.3 Å². The van der Waals surface area contributed by atoms with E-state index in [9.17, 15) is 9.90 Å². The van der Waals surface area contributed by atoms with E-state index in [0.29, 0.717) is 18.1 Å². The number of rotatable bonds is 2. The molecule has 1 N–H and O–H groups in total. The van der Waals surface area contributed by atoms with Crippen molar-refractivity contribution in [2.75, 3.05) is 13.1 Å². The van der Waals surface area contributed by atoms with E-state index < -0.39 is 5.60 Å². The number of hydrogen-bond donors (Lipinski definition) is 1. The van der Waals surface area contributed by atoms with Crippen molar-refractivity contribution in [3.8, 4) is 0 Å². The van der Waals surface area contributed by atoms with Crippen molar-refractivity contribution in [1.29, 1.82) is 0 Å². The Morgan fingerprint density at radius 1 is 1.61 bits per heavy atom. The zero-order valence-electron chi connectivity index (χ0n) is 10.0. The summed E-state index contributed by atoms with van der Waals surface area (Å²) in [6.45, 7) is 3.88. The van der Waals surface area contributed by atoms with Crippen LogP contribution in [0.15, 0.2) is 16.4 Å². The van der Waals surface area contributed by atoms with Crippen LogP contribution in [0, 0.1) is 0 Å². The molecular weight excluding hydrogens is 252 g/mol. The molecule has 7 heteroatoms. The van der Waals surface area contributed by atoms with Crippen LogP contribution < -0.4 is 5.56 Å². The molecule has 1 saturated heterocycles. The van der Waals surface area contributed by atoms with Crippen molar-refractivity contribution in [2.45, 2.75) is 25.5 Å². The van der Waals surface area contributed by atoms with Gasteiger partial charge in [0.15, 0.2) is 0 Å².